The summed E-state index contributed by atoms with van der Waals surface area (Å²) >= 11 is -3.06. The number of rotatable bonds is 2. The van der Waals surface area contributed by atoms with E-state index in [1.807, 2.05) is 0 Å². The molecule has 0 bridgehead atoms. The molecule has 0 fully saturated rings. The van der Waals surface area contributed by atoms with Crippen LogP contribution in [-0.2, 0) is 6.14 Å². The Labute approximate surface area is 43.6 Å². The number of hydrogen-bond donors (Lipinski definition) is 1. The Hall–Kier alpha value is 0.290. The lowest BCUT2D eigenvalue weighted by atomic mass is 10.8. The maximum atomic E-state index is 9.62. The van der Waals surface area contributed by atoms with Gasteiger partial charge in [0.05, 0.1) is 0 Å². The van der Waals surface area contributed by atoms with Gasteiger partial charge in [-0.1, -0.05) is 6.92 Å². The quantitative estimate of drug-likeness (QED) is 0.530. The third kappa shape index (κ3) is 4.29. The molecule has 0 heterocycles. The van der Waals surface area contributed by atoms with Crippen molar-refractivity contribution < 1.29 is 6.14 Å². The molecule has 0 unspecified atom stereocenters. The number of halogens is 1. The molecule has 0 aliphatic carbocycles. The van der Waals surface area contributed by atoms with Crippen molar-refractivity contribution in [3.05, 3.63) is 0 Å². The Morgan fingerprint density at radius 1 is 1.67 bits per heavy atom. The zero-order valence-corrected chi connectivity index (χ0v) is 5.56. The highest BCUT2D eigenvalue weighted by Crippen LogP contribution is 1.90. The predicted octanol–water partition coefficient (Wildman–Crippen LogP) is 0.708. The lowest BCUT2D eigenvalue weighted by Crippen LogP contribution is -1.94. The van der Waals surface area contributed by atoms with Gasteiger partial charge >= 0.3 is 20.1 Å². The average molecular weight is 203 g/mol. The van der Waals surface area contributed by atoms with Gasteiger partial charge in [0.2, 0.25) is 0 Å². The van der Waals surface area contributed by atoms with E-state index in [0.717, 1.165) is 0 Å². The fourth-order valence-corrected chi connectivity index (χ4v) is 0.732. The minimum absolute atomic E-state index is 0.526. The van der Waals surface area contributed by atoms with Gasteiger partial charge in [0.25, 0.3) is 0 Å². The summed E-state index contributed by atoms with van der Waals surface area (Å²) in [6, 6.07) is 0. The summed E-state index contributed by atoms with van der Waals surface area (Å²) in [6.45, 7) is 2.28. The summed E-state index contributed by atoms with van der Waals surface area (Å²) in [6.07, 6.45) is 0. The van der Waals surface area contributed by atoms with Gasteiger partial charge in [-0.25, -0.2) is 9.67 Å². The molecule has 6 heavy (non-hydrogen) atoms. The van der Waals surface area contributed by atoms with Crippen LogP contribution >= 0.6 is 20.1 Å². The van der Waals surface area contributed by atoms with E-state index in [9.17, 15) is 6.14 Å². The third-order valence-electron chi connectivity index (χ3n) is 0.243. The standard InChI is InChI=1S/C2H6INO2/c1-2-4-3(5)6/h2H2,1H3,(H,4,5,6). The highest BCUT2D eigenvalue weighted by atomic mass is 127. The summed E-state index contributed by atoms with van der Waals surface area (Å²) in [5, 5.41) is 0. The molecule has 0 saturated heterocycles. The van der Waals surface area contributed by atoms with Crippen molar-refractivity contribution in [2.24, 2.45) is 0 Å². The number of nitrogens with one attached hydrogen (secondary N) is 1. The first-order valence-corrected chi connectivity index (χ1v) is 4.40. The van der Waals surface area contributed by atoms with Crippen LogP contribution in [-0.4, -0.2) is 6.54 Å². The fourth-order valence-electron chi connectivity index (χ4n) is 0.109. The zero-order chi connectivity index (χ0) is 4.99. The largest absolute Gasteiger partial charge is 0.389 e. The molecule has 0 radical (unpaired) electrons. The van der Waals surface area contributed by atoms with Crippen LogP contribution in [0.15, 0.2) is 0 Å². The second-order valence-electron chi connectivity index (χ2n) is 0.704. The molecule has 0 aliphatic rings. The molecule has 0 atom stereocenters. The van der Waals surface area contributed by atoms with Crippen molar-refractivity contribution in [2.75, 3.05) is 6.54 Å². The SMILES string of the molecule is CCNI(=O)=O. The summed E-state index contributed by atoms with van der Waals surface area (Å²) in [7, 11) is 0. The molecule has 0 aromatic rings. The van der Waals surface area contributed by atoms with Gasteiger partial charge in [-0.3, -0.25) is 0 Å². The van der Waals surface area contributed by atoms with E-state index < -0.39 is 20.1 Å². The van der Waals surface area contributed by atoms with Crippen LogP contribution in [0.3, 0.4) is 0 Å². The van der Waals surface area contributed by atoms with E-state index in [0.29, 0.717) is 6.54 Å². The molecule has 0 amide bonds. The maximum absolute atomic E-state index is 9.62. The Bertz CT molecular complexity index is 79.5. The molecule has 0 aromatic carbocycles. The minimum atomic E-state index is -3.06. The van der Waals surface area contributed by atoms with Crippen LogP contribution in [0.1, 0.15) is 6.92 Å². The van der Waals surface area contributed by atoms with Crippen molar-refractivity contribution in [1.29, 1.82) is 0 Å². The van der Waals surface area contributed by atoms with E-state index >= 15 is 0 Å². The molecule has 4 heteroatoms. The smallest absolute Gasteiger partial charge is 0.217 e. The summed E-state index contributed by atoms with van der Waals surface area (Å²) in [5.41, 5.74) is 0. The van der Waals surface area contributed by atoms with Crippen molar-refractivity contribution in [1.82, 2.24) is 3.53 Å². The monoisotopic (exact) mass is 203 g/mol. The molecule has 38 valence electrons. The van der Waals surface area contributed by atoms with Crippen LogP contribution in [0.5, 0.6) is 0 Å². The highest BCUT2D eigenvalue weighted by Gasteiger charge is 1.77. The van der Waals surface area contributed by atoms with Crippen LogP contribution in [0, 0.1) is 0 Å². The molecule has 0 spiro atoms. The van der Waals surface area contributed by atoms with E-state index in [4.69, 9.17) is 0 Å². The van der Waals surface area contributed by atoms with Crippen LogP contribution in [0.4, 0.5) is 0 Å². The Kier molecular flexibility index (Phi) is 3.65. The number of hydrogen-bond acceptors (Lipinski definition) is 2. The topological polar surface area (TPSA) is 46.2 Å². The van der Waals surface area contributed by atoms with Gasteiger partial charge in [-0.15, -0.1) is 0 Å². The summed E-state index contributed by atoms with van der Waals surface area (Å²) in [4.78, 5) is 0. The molecule has 0 aliphatic heterocycles. The second-order valence-corrected chi connectivity index (χ2v) is 2.71. The average Bonchev–Trinajstić information content (AvgIpc) is 1.35. The predicted molar refractivity (Wildman–Crippen MR) is 29.1 cm³/mol. The first kappa shape index (κ1) is 6.29. The molecular weight excluding hydrogens is 197 g/mol. The van der Waals surface area contributed by atoms with E-state index in [1.165, 1.54) is 0 Å². The van der Waals surface area contributed by atoms with Crippen molar-refractivity contribution in [3.63, 3.8) is 0 Å². The van der Waals surface area contributed by atoms with Crippen molar-refractivity contribution in [3.8, 4) is 0 Å². The van der Waals surface area contributed by atoms with Gasteiger partial charge in [-0.2, -0.15) is 0 Å². The van der Waals surface area contributed by atoms with Gasteiger partial charge in [0.15, 0.2) is 0 Å². The molecule has 0 rings (SSSR count). The van der Waals surface area contributed by atoms with E-state index in [1.54, 1.807) is 6.92 Å². The molecular formula is C2H6INO2. The second kappa shape index (κ2) is 3.48. The van der Waals surface area contributed by atoms with Crippen molar-refractivity contribution in [2.45, 2.75) is 6.92 Å². The first-order chi connectivity index (χ1) is 2.77. The van der Waals surface area contributed by atoms with E-state index in [-0.39, 0.29) is 0 Å². The Morgan fingerprint density at radius 3 is 2.17 bits per heavy atom. The van der Waals surface area contributed by atoms with Crippen LogP contribution in [0.25, 0.3) is 0 Å². The summed E-state index contributed by atoms with van der Waals surface area (Å²) in [5.74, 6) is 0. The maximum Gasteiger partial charge on any atom is 0.389 e. The molecule has 0 saturated carbocycles. The van der Waals surface area contributed by atoms with Gasteiger partial charge in [0.1, 0.15) is 0 Å². The Morgan fingerprint density at radius 2 is 2.17 bits per heavy atom. The van der Waals surface area contributed by atoms with E-state index in [2.05, 4.69) is 3.53 Å². The van der Waals surface area contributed by atoms with Gasteiger partial charge in [0, 0.05) is 6.54 Å². The molecule has 0 aromatic heterocycles. The third-order valence-corrected chi connectivity index (χ3v) is 1.63. The zero-order valence-electron chi connectivity index (χ0n) is 3.40. The molecule has 3 nitrogen and oxygen atoms in total. The van der Waals surface area contributed by atoms with Gasteiger partial charge in [-0.05, 0) is 0 Å². The molecule has 1 N–H and O–H groups in total. The lowest BCUT2D eigenvalue weighted by molar-refractivity contribution is 0.607. The van der Waals surface area contributed by atoms with Crippen LogP contribution < -0.4 is 3.53 Å². The summed E-state index contributed by atoms with van der Waals surface area (Å²) < 4.78 is 21.5. The van der Waals surface area contributed by atoms with Crippen LogP contribution in [0.2, 0.25) is 0 Å². The minimum Gasteiger partial charge on any atom is -0.217 e. The van der Waals surface area contributed by atoms with Gasteiger partial charge < -0.3 is 0 Å². The Balaban J connectivity index is 3.07. The van der Waals surface area contributed by atoms with Crippen molar-refractivity contribution >= 4 is 20.1 Å². The highest BCUT2D eigenvalue weighted by molar-refractivity contribution is 14.2. The lowest BCUT2D eigenvalue weighted by Gasteiger charge is -1.74. The fraction of sp³-hybridized carbons (Fsp3) is 1.00. The normalized spacial score (nSPS) is 9.67. The first-order valence-electron chi connectivity index (χ1n) is 1.56.